The first kappa shape index (κ1) is 14.5. The van der Waals surface area contributed by atoms with Crippen LogP contribution in [-0.4, -0.2) is 19.9 Å². The number of benzene rings is 2. The van der Waals surface area contributed by atoms with Gasteiger partial charge in [0, 0.05) is 32.6 Å². The molecule has 0 N–H and O–H groups in total. The zero-order chi connectivity index (χ0) is 17.3. The molecule has 0 spiro atoms. The molecule has 6 rings (SSSR count). The van der Waals surface area contributed by atoms with Crippen molar-refractivity contribution in [3.63, 3.8) is 0 Å². The van der Waals surface area contributed by atoms with Crippen LogP contribution in [0.25, 0.3) is 53.3 Å². The molecule has 6 aromatic rings. The van der Waals surface area contributed by atoms with Gasteiger partial charge in [0.2, 0.25) is 0 Å². The van der Waals surface area contributed by atoms with Crippen LogP contribution in [-0.2, 0) is 0 Å². The van der Waals surface area contributed by atoms with Crippen LogP contribution in [0.15, 0.2) is 48.8 Å². The fourth-order valence-corrected chi connectivity index (χ4v) is 5.88. The Bertz CT molecular complexity index is 1450. The summed E-state index contributed by atoms with van der Waals surface area (Å²) in [6.45, 7) is 0. The summed E-state index contributed by atoms with van der Waals surface area (Å²) in [5.41, 5.74) is 5.19. The normalized spacial score (nSPS) is 12.0. The van der Waals surface area contributed by atoms with Crippen molar-refractivity contribution in [2.24, 2.45) is 0 Å². The van der Waals surface area contributed by atoms with Crippen LogP contribution in [0.2, 0.25) is 0 Å². The fourth-order valence-electron chi connectivity index (χ4n) is 3.37. The summed E-state index contributed by atoms with van der Waals surface area (Å²) >= 11 is 8.59. The summed E-state index contributed by atoms with van der Waals surface area (Å²) in [6.07, 6.45) is 3.58. The van der Waals surface area contributed by atoms with Crippen LogP contribution in [0.3, 0.4) is 0 Å². The molecular weight excluding hydrogens is 380 g/mol. The predicted molar refractivity (Wildman–Crippen MR) is 112 cm³/mol. The number of hydrogen-bond acceptors (Lipinski definition) is 7. The maximum absolute atomic E-state index is 5.34. The minimum absolute atomic E-state index is 0.858. The molecule has 0 amide bonds. The zero-order valence-electron chi connectivity index (χ0n) is 13.1. The minimum atomic E-state index is 0.858. The van der Waals surface area contributed by atoms with E-state index >= 15 is 0 Å². The highest BCUT2D eigenvalue weighted by Crippen LogP contribution is 2.35. The van der Waals surface area contributed by atoms with Gasteiger partial charge in [-0.1, -0.05) is 12.2 Å². The highest BCUT2D eigenvalue weighted by molar-refractivity contribution is 7.77. The van der Waals surface area contributed by atoms with Crippen molar-refractivity contribution in [2.75, 3.05) is 0 Å². The molecule has 7 heteroatoms. The second-order valence-electron chi connectivity index (χ2n) is 5.96. The quantitative estimate of drug-likeness (QED) is 0.185. The molecule has 4 heterocycles. The van der Waals surface area contributed by atoms with Gasteiger partial charge in [-0.25, -0.2) is 9.97 Å². The molecule has 0 saturated carbocycles. The molecule has 0 atom stereocenters. The second-order valence-corrected chi connectivity index (χ2v) is 9.25. The van der Waals surface area contributed by atoms with Crippen LogP contribution in [0.5, 0.6) is 0 Å². The minimum Gasteiger partial charge on any atom is -0.254 e. The molecular formula is C19H8N4S3. The van der Waals surface area contributed by atoms with Crippen molar-refractivity contribution >= 4 is 88.2 Å². The number of nitrogens with zero attached hydrogens (tertiary/aromatic N) is 4. The van der Waals surface area contributed by atoms with Gasteiger partial charge in [0.15, 0.2) is 0 Å². The van der Waals surface area contributed by atoms with Crippen molar-refractivity contribution in [1.82, 2.24) is 19.9 Å². The van der Waals surface area contributed by atoms with E-state index < -0.39 is 0 Å². The highest BCUT2D eigenvalue weighted by atomic mass is 32.2. The van der Waals surface area contributed by atoms with E-state index in [1.54, 1.807) is 35.1 Å². The maximum atomic E-state index is 5.34. The smallest absolute Gasteiger partial charge is 0.144 e. The number of aromatic nitrogens is 4. The van der Waals surface area contributed by atoms with Crippen LogP contribution >= 0.6 is 34.9 Å². The zero-order valence-corrected chi connectivity index (χ0v) is 15.6. The number of rotatable bonds is 0. The molecule has 0 aliphatic carbocycles. The molecule has 0 unspecified atom stereocenters. The molecule has 0 aliphatic rings. The molecule has 0 bridgehead atoms. The highest BCUT2D eigenvalue weighted by Gasteiger charge is 2.14. The first-order valence-electron chi connectivity index (χ1n) is 7.94. The summed E-state index contributed by atoms with van der Waals surface area (Å²) in [5.74, 6) is 0. The van der Waals surface area contributed by atoms with Gasteiger partial charge >= 0.3 is 0 Å². The number of fused-ring (bicyclic) bond motifs is 8. The van der Waals surface area contributed by atoms with E-state index in [9.17, 15) is 0 Å². The number of pyridine rings is 2. The van der Waals surface area contributed by atoms with E-state index in [-0.39, 0.29) is 0 Å². The third-order valence-corrected chi connectivity index (χ3v) is 7.04. The van der Waals surface area contributed by atoms with Gasteiger partial charge in [-0.05, 0) is 36.4 Å². The molecule has 26 heavy (non-hydrogen) atoms. The van der Waals surface area contributed by atoms with Crippen LogP contribution in [0.4, 0.5) is 0 Å². The maximum Gasteiger partial charge on any atom is 0.144 e. The first-order valence-corrected chi connectivity index (χ1v) is 9.99. The van der Waals surface area contributed by atoms with Crippen LogP contribution < -0.4 is 0 Å². The van der Waals surface area contributed by atoms with Crippen molar-refractivity contribution in [1.29, 1.82) is 0 Å². The van der Waals surface area contributed by atoms with E-state index in [0.717, 1.165) is 56.4 Å². The monoisotopic (exact) mass is 388 g/mol. The van der Waals surface area contributed by atoms with Gasteiger partial charge in [-0.3, -0.25) is 9.97 Å². The Morgan fingerprint density at radius 3 is 1.69 bits per heavy atom. The summed E-state index contributed by atoms with van der Waals surface area (Å²) in [6, 6.07) is 12.1. The molecule has 0 radical (unpaired) electrons. The Balaban J connectivity index is 1.92. The Morgan fingerprint density at radius 2 is 1.19 bits per heavy atom. The van der Waals surface area contributed by atoms with Crippen molar-refractivity contribution in [2.45, 2.75) is 0 Å². The average molecular weight is 389 g/mol. The molecule has 0 fully saturated rings. The number of hydrogen-bond donors (Lipinski definition) is 0. The molecule has 0 aliphatic heterocycles. The van der Waals surface area contributed by atoms with Gasteiger partial charge in [-0.15, -0.1) is 22.7 Å². The lowest BCUT2D eigenvalue weighted by atomic mass is 10.1. The lowest BCUT2D eigenvalue weighted by molar-refractivity contribution is 1.36. The van der Waals surface area contributed by atoms with E-state index in [1.807, 2.05) is 24.3 Å². The van der Waals surface area contributed by atoms with Gasteiger partial charge in [0.1, 0.15) is 3.14 Å². The van der Waals surface area contributed by atoms with E-state index in [0.29, 0.717) is 0 Å². The third kappa shape index (κ3) is 1.96. The predicted octanol–water partition coefficient (Wildman–Crippen LogP) is 5.89. The largest absolute Gasteiger partial charge is 0.254 e. The Kier molecular flexibility index (Phi) is 2.91. The van der Waals surface area contributed by atoms with Gasteiger partial charge in [-0.2, -0.15) is 0 Å². The fraction of sp³-hybridized carbons (Fsp3) is 0. The standard InChI is InChI=1S/C19H8N4S3/c24-19-25-13-7-11-12(8-14(13)26-19)23-18-10-4-2-6-21-16(10)15-9(17(18)22-11)3-1-5-20-15/h1-8H. The summed E-state index contributed by atoms with van der Waals surface area (Å²) in [4.78, 5) is 19.0. The Morgan fingerprint density at radius 1 is 0.692 bits per heavy atom. The third-order valence-electron chi connectivity index (χ3n) is 4.47. The second kappa shape index (κ2) is 5.20. The van der Waals surface area contributed by atoms with Crippen molar-refractivity contribution in [3.05, 3.63) is 51.9 Å². The van der Waals surface area contributed by atoms with E-state index in [2.05, 4.69) is 22.1 Å². The molecule has 0 saturated heterocycles. The summed E-state index contributed by atoms with van der Waals surface area (Å²) < 4.78 is 3.24. The molecule has 122 valence electrons. The summed E-state index contributed by atoms with van der Waals surface area (Å²) in [7, 11) is 0. The first-order chi connectivity index (χ1) is 12.8. The van der Waals surface area contributed by atoms with Crippen molar-refractivity contribution < 1.29 is 0 Å². The van der Waals surface area contributed by atoms with Gasteiger partial charge < -0.3 is 0 Å². The molecule has 4 aromatic heterocycles. The van der Waals surface area contributed by atoms with Crippen LogP contribution in [0.1, 0.15) is 0 Å². The molecule has 2 aromatic carbocycles. The van der Waals surface area contributed by atoms with Gasteiger partial charge in [0.25, 0.3) is 0 Å². The SMILES string of the molecule is S=c1sc2cc3nc4c5cccnc5c5ncccc5c4nc3cc2s1. The average Bonchev–Trinajstić information content (AvgIpc) is 3.04. The van der Waals surface area contributed by atoms with E-state index in [1.165, 1.54) is 0 Å². The van der Waals surface area contributed by atoms with Crippen molar-refractivity contribution in [3.8, 4) is 0 Å². The topological polar surface area (TPSA) is 51.6 Å². The lowest BCUT2D eigenvalue weighted by Crippen LogP contribution is -1.93. The van der Waals surface area contributed by atoms with Crippen LogP contribution in [0, 0.1) is 3.14 Å². The van der Waals surface area contributed by atoms with Gasteiger partial charge in [0.05, 0.1) is 33.1 Å². The van der Waals surface area contributed by atoms with E-state index in [4.69, 9.17) is 22.2 Å². The summed E-state index contributed by atoms with van der Waals surface area (Å²) in [5, 5.41) is 1.95. The Hall–Kier alpha value is -2.61. The Labute approximate surface area is 159 Å². The molecule has 4 nitrogen and oxygen atoms in total. The lowest BCUT2D eigenvalue weighted by Gasteiger charge is -2.08.